The van der Waals surface area contributed by atoms with Crippen molar-refractivity contribution in [3.63, 3.8) is 0 Å². The molecule has 0 saturated carbocycles. The van der Waals surface area contributed by atoms with Gasteiger partial charge >= 0.3 is 5.97 Å². The molecule has 0 aliphatic carbocycles. The van der Waals surface area contributed by atoms with Gasteiger partial charge in [0.25, 0.3) is 0 Å². The van der Waals surface area contributed by atoms with Crippen LogP contribution in [0.1, 0.15) is 11.9 Å². The molecule has 25 heavy (non-hydrogen) atoms. The second-order valence-electron chi connectivity index (χ2n) is 5.72. The number of hydrogen-bond acceptors (Lipinski definition) is 8. The number of aromatic nitrogens is 1. The fourth-order valence-electron chi connectivity index (χ4n) is 2.76. The SMILES string of the molecule is CCOC(=O)C1=C(CN2CCN(C=S)CC2)NC(c2nccs2)=NC1. The first-order chi connectivity index (χ1) is 12.2. The van der Waals surface area contributed by atoms with E-state index in [4.69, 9.17) is 17.0 Å². The van der Waals surface area contributed by atoms with Crippen LogP contribution in [0.2, 0.25) is 0 Å². The van der Waals surface area contributed by atoms with E-state index in [1.54, 1.807) is 11.7 Å². The van der Waals surface area contributed by atoms with Crippen molar-refractivity contribution in [2.45, 2.75) is 6.92 Å². The molecule has 2 aliphatic rings. The zero-order valence-corrected chi connectivity index (χ0v) is 15.7. The maximum Gasteiger partial charge on any atom is 0.337 e. The summed E-state index contributed by atoms with van der Waals surface area (Å²) in [5.41, 5.74) is 3.17. The van der Waals surface area contributed by atoms with Crippen LogP contribution in [0.5, 0.6) is 0 Å². The maximum atomic E-state index is 12.3. The summed E-state index contributed by atoms with van der Waals surface area (Å²) in [7, 11) is 0. The number of nitrogens with one attached hydrogen (secondary N) is 1. The molecule has 134 valence electrons. The Hall–Kier alpha value is -1.84. The first-order valence-electron chi connectivity index (χ1n) is 8.23. The number of piperazine rings is 1. The van der Waals surface area contributed by atoms with Gasteiger partial charge in [0.15, 0.2) is 10.8 Å². The third-order valence-electron chi connectivity index (χ3n) is 4.12. The van der Waals surface area contributed by atoms with E-state index in [9.17, 15) is 4.79 Å². The fourth-order valence-corrected chi connectivity index (χ4v) is 3.57. The van der Waals surface area contributed by atoms with E-state index in [0.717, 1.165) is 42.7 Å². The van der Waals surface area contributed by atoms with Crippen molar-refractivity contribution in [2.75, 3.05) is 45.9 Å². The third-order valence-corrected chi connectivity index (χ3v) is 5.20. The molecule has 9 heteroatoms. The molecule has 0 bridgehead atoms. The van der Waals surface area contributed by atoms with Gasteiger partial charge in [-0.25, -0.2) is 9.78 Å². The second kappa shape index (κ2) is 8.50. The second-order valence-corrected chi connectivity index (χ2v) is 6.83. The Morgan fingerprint density at radius 3 is 2.88 bits per heavy atom. The highest BCUT2D eigenvalue weighted by molar-refractivity contribution is 7.78. The highest BCUT2D eigenvalue weighted by Gasteiger charge is 2.25. The van der Waals surface area contributed by atoms with Gasteiger partial charge in [0.2, 0.25) is 0 Å². The Morgan fingerprint density at radius 1 is 1.44 bits per heavy atom. The number of ether oxygens (including phenoxy) is 1. The lowest BCUT2D eigenvalue weighted by molar-refractivity contribution is -0.138. The first-order valence-corrected chi connectivity index (χ1v) is 9.58. The molecule has 1 aromatic heterocycles. The average molecular weight is 380 g/mol. The van der Waals surface area contributed by atoms with E-state index in [1.165, 1.54) is 11.3 Å². The van der Waals surface area contributed by atoms with Crippen LogP contribution in [0.25, 0.3) is 0 Å². The quantitative estimate of drug-likeness (QED) is 0.581. The van der Waals surface area contributed by atoms with Crippen LogP contribution in [-0.2, 0) is 9.53 Å². The van der Waals surface area contributed by atoms with Crippen LogP contribution in [0.3, 0.4) is 0 Å². The Labute approximate surface area is 156 Å². The Balaban J connectivity index is 1.74. The van der Waals surface area contributed by atoms with Crippen molar-refractivity contribution in [3.05, 3.63) is 27.9 Å². The molecule has 1 N–H and O–H groups in total. The monoisotopic (exact) mass is 379 g/mol. The molecule has 0 aromatic carbocycles. The highest BCUT2D eigenvalue weighted by Crippen LogP contribution is 2.16. The summed E-state index contributed by atoms with van der Waals surface area (Å²) in [6.45, 7) is 6.74. The van der Waals surface area contributed by atoms with Crippen molar-refractivity contribution in [1.29, 1.82) is 0 Å². The molecule has 2 aliphatic heterocycles. The Kier molecular flexibility index (Phi) is 6.11. The number of thiocarbonyl (C=S) groups is 1. The summed E-state index contributed by atoms with van der Waals surface area (Å²) >= 11 is 6.51. The van der Waals surface area contributed by atoms with Gasteiger partial charge in [-0.2, -0.15) is 0 Å². The van der Waals surface area contributed by atoms with Crippen LogP contribution in [-0.4, -0.2) is 78.0 Å². The lowest BCUT2D eigenvalue weighted by Gasteiger charge is -2.34. The maximum absolute atomic E-state index is 12.3. The fraction of sp³-hybridized carbons (Fsp3) is 0.500. The van der Waals surface area contributed by atoms with Gasteiger partial charge < -0.3 is 15.0 Å². The van der Waals surface area contributed by atoms with Crippen molar-refractivity contribution in [1.82, 2.24) is 20.1 Å². The lowest BCUT2D eigenvalue weighted by atomic mass is 10.1. The predicted molar refractivity (Wildman–Crippen MR) is 102 cm³/mol. The number of thiazole rings is 1. The van der Waals surface area contributed by atoms with Crippen molar-refractivity contribution >= 4 is 40.9 Å². The van der Waals surface area contributed by atoms with Gasteiger partial charge in [-0.1, -0.05) is 12.2 Å². The van der Waals surface area contributed by atoms with Crippen LogP contribution < -0.4 is 5.32 Å². The first kappa shape index (κ1) is 18.0. The normalized spacial score (nSPS) is 18.6. The number of rotatable bonds is 6. The largest absolute Gasteiger partial charge is 0.463 e. The van der Waals surface area contributed by atoms with Crippen LogP contribution >= 0.6 is 23.6 Å². The third kappa shape index (κ3) is 4.42. The predicted octanol–water partition coefficient (Wildman–Crippen LogP) is 0.885. The van der Waals surface area contributed by atoms with Gasteiger partial charge in [0.1, 0.15) is 0 Å². The zero-order chi connectivity index (χ0) is 17.6. The Morgan fingerprint density at radius 2 is 2.24 bits per heavy atom. The number of esters is 1. The minimum absolute atomic E-state index is 0.301. The van der Waals surface area contributed by atoms with E-state index in [1.807, 2.05) is 12.3 Å². The van der Waals surface area contributed by atoms with Gasteiger partial charge in [-0.15, -0.1) is 11.3 Å². The minimum Gasteiger partial charge on any atom is -0.463 e. The standard InChI is InChI=1S/C16H21N5O2S2/c1-2-23-16(22)12-9-18-14(15-17-3-8-25-15)19-13(12)10-20-4-6-21(11-24)7-5-20/h3,8,11H,2,4-7,9-10H2,1H3,(H,18,19). The van der Waals surface area contributed by atoms with Gasteiger partial charge in [-0.3, -0.25) is 9.89 Å². The minimum atomic E-state index is -0.301. The van der Waals surface area contributed by atoms with Crippen molar-refractivity contribution in [2.24, 2.45) is 4.99 Å². The zero-order valence-electron chi connectivity index (χ0n) is 14.1. The number of carbonyl (C=O) groups is 1. The molecule has 1 aromatic rings. The summed E-state index contributed by atoms with van der Waals surface area (Å²) in [4.78, 5) is 25.5. The molecule has 1 saturated heterocycles. The summed E-state index contributed by atoms with van der Waals surface area (Å²) in [5, 5.41) is 6.05. The van der Waals surface area contributed by atoms with Gasteiger partial charge in [0, 0.05) is 50.0 Å². The van der Waals surface area contributed by atoms with Crippen LogP contribution in [0.15, 0.2) is 27.8 Å². The average Bonchev–Trinajstić information content (AvgIpc) is 3.17. The van der Waals surface area contributed by atoms with E-state index < -0.39 is 0 Å². The van der Waals surface area contributed by atoms with Crippen LogP contribution in [0.4, 0.5) is 0 Å². The molecule has 0 amide bonds. The van der Waals surface area contributed by atoms with E-state index in [2.05, 4.69) is 25.1 Å². The van der Waals surface area contributed by atoms with E-state index in [0.29, 0.717) is 25.3 Å². The molecule has 7 nitrogen and oxygen atoms in total. The summed E-state index contributed by atoms with van der Waals surface area (Å²) < 4.78 is 5.20. The molecule has 0 atom stereocenters. The molecule has 0 unspecified atom stereocenters. The smallest absolute Gasteiger partial charge is 0.337 e. The van der Waals surface area contributed by atoms with Crippen LogP contribution in [0, 0.1) is 0 Å². The summed E-state index contributed by atoms with van der Waals surface area (Å²) in [5.74, 6) is 0.417. The van der Waals surface area contributed by atoms with Crippen molar-refractivity contribution in [3.8, 4) is 0 Å². The number of aliphatic imine (C=N–C) groups is 1. The highest BCUT2D eigenvalue weighted by atomic mass is 32.1. The topological polar surface area (TPSA) is 70.1 Å². The molecule has 1 fully saturated rings. The Bertz CT molecular complexity index is 679. The number of carbonyl (C=O) groups excluding carboxylic acids is 1. The summed E-state index contributed by atoms with van der Waals surface area (Å²) in [6, 6.07) is 0. The number of amidine groups is 1. The van der Waals surface area contributed by atoms with E-state index in [-0.39, 0.29) is 5.97 Å². The molecule has 0 radical (unpaired) electrons. The molecule has 3 rings (SSSR count). The summed E-state index contributed by atoms with van der Waals surface area (Å²) in [6.07, 6.45) is 1.75. The lowest BCUT2D eigenvalue weighted by Crippen LogP contribution is -2.48. The molecular formula is C16H21N5O2S2. The number of nitrogens with zero attached hydrogens (tertiary/aromatic N) is 4. The van der Waals surface area contributed by atoms with E-state index >= 15 is 0 Å². The molecule has 0 spiro atoms. The van der Waals surface area contributed by atoms with Crippen molar-refractivity contribution < 1.29 is 9.53 Å². The molecule has 3 heterocycles. The van der Waals surface area contributed by atoms with Gasteiger partial charge in [0.05, 0.1) is 24.2 Å². The van der Waals surface area contributed by atoms with Gasteiger partial charge in [-0.05, 0) is 6.92 Å². The number of hydrogen-bond donors (Lipinski definition) is 1. The molecular weight excluding hydrogens is 358 g/mol.